The van der Waals surface area contributed by atoms with Crippen LogP contribution in [0.3, 0.4) is 0 Å². The van der Waals surface area contributed by atoms with Gasteiger partial charge in [0.05, 0.1) is 6.04 Å². The van der Waals surface area contributed by atoms with E-state index in [1.54, 1.807) is 0 Å². The van der Waals surface area contributed by atoms with Crippen molar-refractivity contribution in [2.24, 2.45) is 0 Å². The number of aromatic nitrogens is 2. The Morgan fingerprint density at radius 2 is 2.00 bits per heavy atom. The molecule has 0 spiro atoms. The predicted molar refractivity (Wildman–Crippen MR) is 90.8 cm³/mol. The van der Waals surface area contributed by atoms with Crippen molar-refractivity contribution in [2.75, 3.05) is 12.3 Å². The number of benzene rings is 1. The Morgan fingerprint density at radius 3 is 2.67 bits per heavy atom. The SMILES string of the molecule is CCCn1ccnc1C(CSc1ccc(C)cc1)NCC. The van der Waals surface area contributed by atoms with Gasteiger partial charge in [0.15, 0.2) is 0 Å². The first kappa shape index (κ1) is 16.1. The minimum absolute atomic E-state index is 0.294. The van der Waals surface area contributed by atoms with E-state index in [1.165, 1.54) is 10.5 Å². The van der Waals surface area contributed by atoms with E-state index in [0.717, 1.165) is 31.1 Å². The van der Waals surface area contributed by atoms with Crippen LogP contribution >= 0.6 is 11.8 Å². The summed E-state index contributed by atoms with van der Waals surface area (Å²) in [6.07, 6.45) is 5.12. The molecule has 0 saturated heterocycles. The largest absolute Gasteiger partial charge is 0.334 e. The van der Waals surface area contributed by atoms with E-state index in [4.69, 9.17) is 0 Å². The fourth-order valence-electron chi connectivity index (χ4n) is 2.35. The van der Waals surface area contributed by atoms with Crippen molar-refractivity contribution < 1.29 is 0 Å². The van der Waals surface area contributed by atoms with Gasteiger partial charge in [0.1, 0.15) is 5.82 Å². The molecule has 21 heavy (non-hydrogen) atoms. The van der Waals surface area contributed by atoms with Gasteiger partial charge in [0, 0.05) is 29.6 Å². The van der Waals surface area contributed by atoms with Gasteiger partial charge in [-0.3, -0.25) is 0 Å². The predicted octanol–water partition coefficient (Wildman–Crippen LogP) is 4.04. The maximum absolute atomic E-state index is 4.57. The minimum Gasteiger partial charge on any atom is -0.334 e. The molecule has 114 valence electrons. The van der Waals surface area contributed by atoms with Gasteiger partial charge in [-0.15, -0.1) is 11.8 Å². The van der Waals surface area contributed by atoms with Gasteiger partial charge in [0.2, 0.25) is 0 Å². The summed E-state index contributed by atoms with van der Waals surface area (Å²) in [6, 6.07) is 9.02. The second-order valence-corrected chi connectivity index (χ2v) is 6.31. The molecular formula is C17H25N3S. The molecule has 0 aliphatic carbocycles. The highest BCUT2D eigenvalue weighted by molar-refractivity contribution is 7.99. The molecule has 0 fully saturated rings. The van der Waals surface area contributed by atoms with E-state index < -0.39 is 0 Å². The summed E-state index contributed by atoms with van der Waals surface area (Å²) < 4.78 is 2.27. The normalized spacial score (nSPS) is 12.5. The smallest absolute Gasteiger partial charge is 0.126 e. The summed E-state index contributed by atoms with van der Waals surface area (Å²) >= 11 is 1.89. The first-order chi connectivity index (χ1) is 10.2. The molecule has 3 nitrogen and oxygen atoms in total. The average Bonchev–Trinajstić information content (AvgIpc) is 2.94. The molecule has 4 heteroatoms. The second kappa shape index (κ2) is 8.25. The van der Waals surface area contributed by atoms with Crippen molar-refractivity contribution in [1.82, 2.24) is 14.9 Å². The molecular weight excluding hydrogens is 278 g/mol. The van der Waals surface area contributed by atoms with Crippen LogP contribution in [0.4, 0.5) is 0 Å². The highest BCUT2D eigenvalue weighted by Crippen LogP contribution is 2.24. The monoisotopic (exact) mass is 303 g/mol. The molecule has 0 bridgehead atoms. The van der Waals surface area contributed by atoms with Crippen LogP contribution in [0.2, 0.25) is 0 Å². The standard InChI is InChI=1S/C17H25N3S/c1-4-11-20-12-10-19-17(20)16(18-5-2)13-21-15-8-6-14(3)7-9-15/h6-10,12,16,18H,4-5,11,13H2,1-3H3. The van der Waals surface area contributed by atoms with Gasteiger partial charge in [0.25, 0.3) is 0 Å². The summed E-state index contributed by atoms with van der Waals surface area (Å²) in [5.41, 5.74) is 1.31. The first-order valence-corrected chi connectivity index (χ1v) is 8.67. The number of hydrogen-bond donors (Lipinski definition) is 1. The lowest BCUT2D eigenvalue weighted by molar-refractivity contribution is 0.527. The molecule has 0 aliphatic heterocycles. The molecule has 0 radical (unpaired) electrons. The van der Waals surface area contributed by atoms with Crippen LogP contribution in [0.15, 0.2) is 41.6 Å². The van der Waals surface area contributed by atoms with Crippen molar-refractivity contribution in [3.05, 3.63) is 48.0 Å². The van der Waals surface area contributed by atoms with E-state index in [1.807, 2.05) is 18.0 Å². The van der Waals surface area contributed by atoms with Crippen LogP contribution in [-0.4, -0.2) is 21.8 Å². The van der Waals surface area contributed by atoms with Crippen molar-refractivity contribution >= 4 is 11.8 Å². The van der Waals surface area contributed by atoms with Crippen LogP contribution in [0.25, 0.3) is 0 Å². The van der Waals surface area contributed by atoms with Gasteiger partial charge in [-0.25, -0.2) is 4.98 Å². The van der Waals surface area contributed by atoms with Gasteiger partial charge >= 0.3 is 0 Å². The zero-order valence-corrected chi connectivity index (χ0v) is 14.0. The number of hydrogen-bond acceptors (Lipinski definition) is 3. The molecule has 1 N–H and O–H groups in total. The van der Waals surface area contributed by atoms with Gasteiger partial charge < -0.3 is 9.88 Å². The van der Waals surface area contributed by atoms with Crippen LogP contribution in [0, 0.1) is 6.92 Å². The summed E-state index contributed by atoms with van der Waals surface area (Å²) in [5, 5.41) is 3.56. The first-order valence-electron chi connectivity index (χ1n) is 7.68. The quantitative estimate of drug-likeness (QED) is 0.746. The van der Waals surface area contributed by atoms with Crippen LogP contribution in [-0.2, 0) is 6.54 Å². The summed E-state index contributed by atoms with van der Waals surface area (Å²) in [5.74, 6) is 2.15. The number of nitrogens with zero attached hydrogens (tertiary/aromatic N) is 2. The lowest BCUT2D eigenvalue weighted by Crippen LogP contribution is -2.26. The molecule has 2 rings (SSSR count). The Bertz CT molecular complexity index is 533. The van der Waals surface area contributed by atoms with E-state index in [9.17, 15) is 0 Å². The topological polar surface area (TPSA) is 29.9 Å². The van der Waals surface area contributed by atoms with Crippen molar-refractivity contribution in [2.45, 2.75) is 44.7 Å². The van der Waals surface area contributed by atoms with E-state index in [0.29, 0.717) is 6.04 Å². The number of imidazole rings is 1. The van der Waals surface area contributed by atoms with Crippen LogP contribution in [0.5, 0.6) is 0 Å². The number of thioether (sulfide) groups is 1. The Hall–Kier alpha value is -1.26. The van der Waals surface area contributed by atoms with E-state index in [-0.39, 0.29) is 0 Å². The van der Waals surface area contributed by atoms with Crippen LogP contribution in [0.1, 0.15) is 37.7 Å². The molecule has 0 aliphatic rings. The van der Waals surface area contributed by atoms with Crippen LogP contribution < -0.4 is 5.32 Å². The Morgan fingerprint density at radius 1 is 1.24 bits per heavy atom. The number of aryl methyl sites for hydroxylation is 2. The third-order valence-electron chi connectivity index (χ3n) is 3.41. The molecule has 2 aromatic rings. The second-order valence-electron chi connectivity index (χ2n) is 5.21. The van der Waals surface area contributed by atoms with E-state index >= 15 is 0 Å². The average molecular weight is 303 g/mol. The molecule has 0 amide bonds. The van der Waals surface area contributed by atoms with Gasteiger partial charge in [-0.1, -0.05) is 31.5 Å². The molecule has 1 atom stereocenters. The Kier molecular flexibility index (Phi) is 6.33. The maximum Gasteiger partial charge on any atom is 0.126 e. The number of nitrogens with one attached hydrogen (secondary N) is 1. The molecule has 1 unspecified atom stereocenters. The Labute approximate surface area is 132 Å². The van der Waals surface area contributed by atoms with Crippen molar-refractivity contribution in [3.8, 4) is 0 Å². The van der Waals surface area contributed by atoms with Gasteiger partial charge in [-0.05, 0) is 32.0 Å². The highest BCUT2D eigenvalue weighted by atomic mass is 32.2. The zero-order valence-electron chi connectivity index (χ0n) is 13.2. The van der Waals surface area contributed by atoms with Crippen molar-refractivity contribution in [3.63, 3.8) is 0 Å². The maximum atomic E-state index is 4.57. The lowest BCUT2D eigenvalue weighted by atomic mass is 10.2. The summed E-state index contributed by atoms with van der Waals surface area (Å²) in [4.78, 5) is 5.88. The van der Waals surface area contributed by atoms with Gasteiger partial charge in [-0.2, -0.15) is 0 Å². The third-order valence-corrected chi connectivity index (χ3v) is 4.52. The highest BCUT2D eigenvalue weighted by Gasteiger charge is 2.16. The van der Waals surface area contributed by atoms with E-state index in [2.05, 4.69) is 66.1 Å². The summed E-state index contributed by atoms with van der Waals surface area (Å²) in [7, 11) is 0. The summed E-state index contributed by atoms with van der Waals surface area (Å²) in [6.45, 7) is 8.46. The third kappa shape index (κ3) is 4.61. The fraction of sp³-hybridized carbons (Fsp3) is 0.471. The molecule has 0 saturated carbocycles. The number of rotatable bonds is 8. The Balaban J connectivity index is 2.04. The minimum atomic E-state index is 0.294. The molecule has 1 aromatic heterocycles. The molecule has 1 heterocycles. The molecule has 1 aromatic carbocycles. The lowest BCUT2D eigenvalue weighted by Gasteiger charge is -2.18. The zero-order chi connectivity index (χ0) is 15.1. The fourth-order valence-corrected chi connectivity index (χ4v) is 3.30. The van der Waals surface area contributed by atoms with Crippen molar-refractivity contribution in [1.29, 1.82) is 0 Å².